The van der Waals surface area contributed by atoms with Crippen molar-refractivity contribution in [1.29, 1.82) is 0 Å². The fourth-order valence-corrected chi connectivity index (χ4v) is 2.56. The molecule has 1 aliphatic heterocycles. The summed E-state index contributed by atoms with van der Waals surface area (Å²) in [5.74, 6) is 0.250. The molecule has 2 aliphatic rings. The maximum absolute atomic E-state index is 10.3. The Labute approximate surface area is 83.2 Å². The van der Waals surface area contributed by atoms with Gasteiger partial charge in [0.15, 0.2) is 0 Å². The van der Waals surface area contributed by atoms with E-state index >= 15 is 0 Å². The molecule has 1 saturated heterocycles. The first-order valence-electron chi connectivity index (χ1n) is 5.16. The molecule has 0 saturated carbocycles. The maximum Gasteiger partial charge on any atom is 0.0978 e. The van der Waals surface area contributed by atoms with Crippen molar-refractivity contribution in [3.05, 3.63) is 29.6 Å². The van der Waals surface area contributed by atoms with Gasteiger partial charge in [0.2, 0.25) is 0 Å². The fraction of sp³-hybridized carbons (Fsp3) is 0.545. The third kappa shape index (κ3) is 1.03. The van der Waals surface area contributed by atoms with E-state index in [-0.39, 0.29) is 5.92 Å². The van der Waals surface area contributed by atoms with Gasteiger partial charge in [0.25, 0.3) is 0 Å². The van der Waals surface area contributed by atoms with Crippen molar-refractivity contribution >= 4 is 0 Å². The maximum atomic E-state index is 10.3. The first-order chi connectivity index (χ1) is 6.80. The number of aromatic nitrogens is 1. The molecule has 74 valence electrons. The summed E-state index contributed by atoms with van der Waals surface area (Å²) in [7, 11) is 0. The average Bonchev–Trinajstić information content (AvgIpc) is 2.58. The molecule has 1 unspecified atom stereocenters. The largest absolute Gasteiger partial charge is 0.387 e. The SMILES string of the molecule is OC1(C2CCc3cccnc32)CNC1. The van der Waals surface area contributed by atoms with Gasteiger partial charge in [0, 0.05) is 30.9 Å². The van der Waals surface area contributed by atoms with Crippen LogP contribution >= 0.6 is 0 Å². The highest BCUT2D eigenvalue weighted by molar-refractivity contribution is 5.32. The second-order valence-corrected chi connectivity index (χ2v) is 4.35. The number of pyridine rings is 1. The third-order valence-electron chi connectivity index (χ3n) is 3.47. The molecule has 0 spiro atoms. The smallest absolute Gasteiger partial charge is 0.0978 e. The lowest BCUT2D eigenvalue weighted by molar-refractivity contribution is -0.0352. The Morgan fingerprint density at radius 1 is 1.50 bits per heavy atom. The molecule has 1 aliphatic carbocycles. The average molecular weight is 190 g/mol. The van der Waals surface area contributed by atoms with Gasteiger partial charge < -0.3 is 10.4 Å². The Morgan fingerprint density at radius 2 is 2.36 bits per heavy atom. The molecular formula is C11H14N2O. The molecule has 2 heterocycles. The van der Waals surface area contributed by atoms with E-state index in [0.717, 1.165) is 18.5 Å². The normalized spacial score (nSPS) is 28.2. The lowest BCUT2D eigenvalue weighted by Gasteiger charge is -2.42. The van der Waals surface area contributed by atoms with Crippen molar-refractivity contribution in [2.24, 2.45) is 0 Å². The molecule has 0 radical (unpaired) electrons. The van der Waals surface area contributed by atoms with Crippen LogP contribution in [0.2, 0.25) is 0 Å². The van der Waals surface area contributed by atoms with Crippen LogP contribution in [0.15, 0.2) is 18.3 Å². The summed E-state index contributed by atoms with van der Waals surface area (Å²) in [6.07, 6.45) is 3.94. The molecular weight excluding hydrogens is 176 g/mol. The lowest BCUT2D eigenvalue weighted by atomic mass is 9.80. The van der Waals surface area contributed by atoms with Crippen molar-refractivity contribution < 1.29 is 5.11 Å². The number of aryl methyl sites for hydroxylation is 1. The zero-order chi connectivity index (χ0) is 9.60. The topological polar surface area (TPSA) is 45.2 Å². The molecule has 1 aromatic rings. The van der Waals surface area contributed by atoms with Crippen LogP contribution in [0, 0.1) is 0 Å². The summed E-state index contributed by atoms with van der Waals surface area (Å²) in [5, 5.41) is 13.4. The van der Waals surface area contributed by atoms with Crippen LogP contribution in [0.5, 0.6) is 0 Å². The number of nitrogens with zero attached hydrogens (tertiary/aromatic N) is 1. The number of fused-ring (bicyclic) bond motifs is 1. The summed E-state index contributed by atoms with van der Waals surface area (Å²) in [6.45, 7) is 1.43. The van der Waals surface area contributed by atoms with E-state index in [0.29, 0.717) is 13.1 Å². The summed E-state index contributed by atoms with van der Waals surface area (Å²) >= 11 is 0. The fourth-order valence-electron chi connectivity index (χ4n) is 2.56. The summed E-state index contributed by atoms with van der Waals surface area (Å²) in [4.78, 5) is 4.40. The summed E-state index contributed by atoms with van der Waals surface area (Å²) in [6, 6.07) is 4.10. The standard InChI is InChI=1S/C11H14N2O/c14-11(6-12-7-11)9-4-3-8-2-1-5-13-10(8)9/h1-2,5,9,12,14H,3-4,6-7H2. The van der Waals surface area contributed by atoms with Crippen LogP contribution in [-0.4, -0.2) is 28.8 Å². The number of β-amino-alcohol motifs (C(OH)–C–C–N with tert-alkyl or cyclic N) is 1. The number of rotatable bonds is 1. The number of nitrogens with one attached hydrogen (secondary N) is 1. The van der Waals surface area contributed by atoms with Gasteiger partial charge in [-0.2, -0.15) is 0 Å². The Kier molecular flexibility index (Phi) is 1.66. The zero-order valence-corrected chi connectivity index (χ0v) is 8.03. The van der Waals surface area contributed by atoms with Gasteiger partial charge in [0.1, 0.15) is 0 Å². The molecule has 1 aromatic heterocycles. The minimum absolute atomic E-state index is 0.250. The van der Waals surface area contributed by atoms with Crippen LogP contribution in [0.25, 0.3) is 0 Å². The summed E-state index contributed by atoms with van der Waals surface area (Å²) in [5.41, 5.74) is 1.91. The highest BCUT2D eigenvalue weighted by Gasteiger charge is 2.46. The quantitative estimate of drug-likeness (QED) is 0.675. The molecule has 1 fully saturated rings. The minimum Gasteiger partial charge on any atom is -0.387 e. The van der Waals surface area contributed by atoms with Crippen molar-refractivity contribution in [3.8, 4) is 0 Å². The Bertz CT molecular complexity index is 360. The molecule has 1 atom stereocenters. The van der Waals surface area contributed by atoms with Gasteiger partial charge >= 0.3 is 0 Å². The highest BCUT2D eigenvalue weighted by Crippen LogP contribution is 2.40. The van der Waals surface area contributed by atoms with Crippen molar-refractivity contribution in [1.82, 2.24) is 10.3 Å². The Balaban J connectivity index is 1.97. The zero-order valence-electron chi connectivity index (χ0n) is 8.03. The molecule has 14 heavy (non-hydrogen) atoms. The van der Waals surface area contributed by atoms with Gasteiger partial charge in [0.05, 0.1) is 5.60 Å². The van der Waals surface area contributed by atoms with Crippen LogP contribution in [0.3, 0.4) is 0 Å². The predicted octanol–water partition coefficient (Wildman–Crippen LogP) is 0.446. The van der Waals surface area contributed by atoms with Crippen LogP contribution in [0.4, 0.5) is 0 Å². The second-order valence-electron chi connectivity index (χ2n) is 4.35. The van der Waals surface area contributed by atoms with Gasteiger partial charge in [-0.1, -0.05) is 6.07 Å². The first kappa shape index (κ1) is 8.38. The van der Waals surface area contributed by atoms with Crippen molar-refractivity contribution in [2.75, 3.05) is 13.1 Å². The molecule has 3 heteroatoms. The molecule has 3 rings (SSSR count). The van der Waals surface area contributed by atoms with Crippen molar-refractivity contribution in [3.63, 3.8) is 0 Å². The van der Waals surface area contributed by atoms with Crippen molar-refractivity contribution in [2.45, 2.75) is 24.4 Å². The predicted molar refractivity (Wildman–Crippen MR) is 53.1 cm³/mol. The molecule has 0 bridgehead atoms. The van der Waals surface area contributed by atoms with Gasteiger partial charge in [-0.05, 0) is 24.5 Å². The first-order valence-corrected chi connectivity index (χ1v) is 5.16. The van der Waals surface area contributed by atoms with Crippen LogP contribution < -0.4 is 5.32 Å². The van der Waals surface area contributed by atoms with E-state index in [1.165, 1.54) is 5.56 Å². The van der Waals surface area contributed by atoms with Gasteiger partial charge in [-0.25, -0.2) is 0 Å². The van der Waals surface area contributed by atoms with Crippen LogP contribution in [-0.2, 0) is 6.42 Å². The number of hydrogen-bond acceptors (Lipinski definition) is 3. The van der Waals surface area contributed by atoms with E-state index < -0.39 is 5.60 Å². The van der Waals surface area contributed by atoms with E-state index in [9.17, 15) is 5.11 Å². The molecule has 2 N–H and O–H groups in total. The van der Waals surface area contributed by atoms with Crippen LogP contribution in [0.1, 0.15) is 23.6 Å². The van der Waals surface area contributed by atoms with Gasteiger partial charge in [-0.15, -0.1) is 0 Å². The molecule has 0 amide bonds. The monoisotopic (exact) mass is 190 g/mol. The molecule has 0 aromatic carbocycles. The Hall–Kier alpha value is -0.930. The van der Waals surface area contributed by atoms with E-state index in [1.54, 1.807) is 0 Å². The third-order valence-corrected chi connectivity index (χ3v) is 3.47. The van der Waals surface area contributed by atoms with E-state index in [2.05, 4.69) is 16.4 Å². The minimum atomic E-state index is -0.528. The second kappa shape index (κ2) is 2.78. The lowest BCUT2D eigenvalue weighted by Crippen LogP contribution is -2.62. The van der Waals surface area contributed by atoms with E-state index in [1.807, 2.05) is 12.3 Å². The van der Waals surface area contributed by atoms with E-state index in [4.69, 9.17) is 0 Å². The van der Waals surface area contributed by atoms with Gasteiger partial charge in [-0.3, -0.25) is 4.98 Å². The molecule has 3 nitrogen and oxygen atoms in total. The highest BCUT2D eigenvalue weighted by atomic mass is 16.3. The summed E-state index contributed by atoms with van der Waals surface area (Å²) < 4.78 is 0. The number of hydrogen-bond donors (Lipinski definition) is 2. The Morgan fingerprint density at radius 3 is 3.07 bits per heavy atom. The number of aliphatic hydroxyl groups is 1.